The summed E-state index contributed by atoms with van der Waals surface area (Å²) in [5.74, 6) is -0.814. The fourth-order valence-electron chi connectivity index (χ4n) is 1.64. The highest BCUT2D eigenvalue weighted by atomic mass is 32.1. The molecule has 0 aliphatic carbocycles. The van der Waals surface area contributed by atoms with Gasteiger partial charge in [0.25, 0.3) is 0 Å². The van der Waals surface area contributed by atoms with Crippen LogP contribution in [0.15, 0.2) is 24.3 Å². The van der Waals surface area contributed by atoms with Crippen LogP contribution >= 0.6 is 12.2 Å². The van der Waals surface area contributed by atoms with Gasteiger partial charge in [0.2, 0.25) is 5.91 Å². The fraction of sp³-hybridized carbons (Fsp3) is 0.385. The molecule has 0 bridgehead atoms. The third-order valence-electron chi connectivity index (χ3n) is 2.58. The van der Waals surface area contributed by atoms with Crippen molar-refractivity contribution in [2.24, 2.45) is 11.7 Å². The number of thiocarbonyl (C=S) groups is 1. The van der Waals surface area contributed by atoms with E-state index in [4.69, 9.17) is 18.0 Å². The Morgan fingerprint density at radius 3 is 2.45 bits per heavy atom. The number of carbonyl (C=O) groups excluding carboxylic acids is 1. The molecule has 4 nitrogen and oxygen atoms in total. The summed E-state index contributed by atoms with van der Waals surface area (Å²) in [6.45, 7) is -0.950. The van der Waals surface area contributed by atoms with Crippen molar-refractivity contribution < 1.29 is 18.3 Å². The van der Waals surface area contributed by atoms with Crippen molar-refractivity contribution in [3.8, 4) is 5.75 Å². The van der Waals surface area contributed by atoms with Gasteiger partial charge in [-0.3, -0.25) is 4.79 Å². The summed E-state index contributed by atoms with van der Waals surface area (Å²) in [6, 6.07) is 5.63. The van der Waals surface area contributed by atoms with Crippen LogP contribution in [0.5, 0.6) is 5.75 Å². The van der Waals surface area contributed by atoms with Crippen molar-refractivity contribution >= 4 is 28.8 Å². The zero-order valence-corrected chi connectivity index (χ0v) is 11.8. The van der Waals surface area contributed by atoms with Gasteiger partial charge in [0.05, 0.1) is 10.9 Å². The predicted molar refractivity (Wildman–Crippen MR) is 76.9 cm³/mol. The van der Waals surface area contributed by atoms with E-state index in [9.17, 15) is 13.6 Å². The molecule has 0 saturated carbocycles. The number of ether oxygens (including phenoxy) is 1. The van der Waals surface area contributed by atoms with Gasteiger partial charge in [0.1, 0.15) is 5.75 Å². The van der Waals surface area contributed by atoms with Gasteiger partial charge in [-0.05, 0) is 30.7 Å². The number of carbonyl (C=O) groups is 1. The molecule has 1 unspecified atom stereocenters. The third-order valence-corrected chi connectivity index (χ3v) is 2.87. The Kier molecular flexibility index (Phi) is 6.30. The first-order chi connectivity index (χ1) is 9.43. The number of alkyl halides is 2. The van der Waals surface area contributed by atoms with Crippen LogP contribution in [0, 0.1) is 5.92 Å². The molecule has 0 aliphatic heterocycles. The van der Waals surface area contributed by atoms with E-state index >= 15 is 0 Å². The van der Waals surface area contributed by atoms with Crippen LogP contribution in [-0.4, -0.2) is 17.5 Å². The van der Waals surface area contributed by atoms with Crippen LogP contribution in [-0.2, 0) is 4.79 Å². The van der Waals surface area contributed by atoms with Gasteiger partial charge in [0, 0.05) is 5.69 Å². The number of anilines is 1. The Bertz CT molecular complexity index is 466. The van der Waals surface area contributed by atoms with Crippen molar-refractivity contribution in [1.82, 2.24) is 0 Å². The summed E-state index contributed by atoms with van der Waals surface area (Å²) >= 11 is 4.86. The van der Waals surface area contributed by atoms with Gasteiger partial charge in [-0.2, -0.15) is 8.78 Å². The summed E-state index contributed by atoms with van der Waals surface area (Å²) in [7, 11) is 0. The molecule has 1 rings (SSSR count). The lowest BCUT2D eigenvalue weighted by atomic mass is 10.0. The van der Waals surface area contributed by atoms with Crippen LogP contribution in [0.3, 0.4) is 0 Å². The number of nitrogens with one attached hydrogen (secondary N) is 1. The average Bonchev–Trinajstić information content (AvgIpc) is 2.37. The molecule has 0 fully saturated rings. The monoisotopic (exact) mass is 302 g/mol. The molecule has 7 heteroatoms. The Morgan fingerprint density at radius 1 is 1.40 bits per heavy atom. The van der Waals surface area contributed by atoms with E-state index in [2.05, 4.69) is 10.1 Å². The zero-order chi connectivity index (χ0) is 15.1. The molecule has 1 aromatic rings. The Labute approximate surface area is 121 Å². The smallest absolute Gasteiger partial charge is 0.387 e. The van der Waals surface area contributed by atoms with Gasteiger partial charge in [-0.25, -0.2) is 0 Å². The lowest BCUT2D eigenvalue weighted by Gasteiger charge is -2.14. The normalized spacial score (nSPS) is 12.0. The highest BCUT2D eigenvalue weighted by Gasteiger charge is 2.20. The highest BCUT2D eigenvalue weighted by Crippen LogP contribution is 2.19. The molecular formula is C13H16F2N2O2S. The minimum Gasteiger partial charge on any atom is -0.435 e. The highest BCUT2D eigenvalue weighted by molar-refractivity contribution is 7.80. The number of amides is 1. The average molecular weight is 302 g/mol. The third kappa shape index (κ3) is 5.08. The first-order valence-corrected chi connectivity index (χ1v) is 6.50. The first kappa shape index (κ1) is 16.3. The molecule has 1 aromatic carbocycles. The number of benzene rings is 1. The summed E-state index contributed by atoms with van der Waals surface area (Å²) in [5.41, 5.74) is 5.99. The van der Waals surface area contributed by atoms with Crippen LogP contribution < -0.4 is 15.8 Å². The van der Waals surface area contributed by atoms with E-state index < -0.39 is 12.5 Å². The standard InChI is InChI=1S/C13H16F2N2O2S/c1-2-3-10(11(16)20)12(18)17-8-4-6-9(7-5-8)19-13(14)15/h4-7,10,13H,2-3H2,1H3,(H2,16,20)(H,17,18). The second-order valence-corrected chi connectivity index (χ2v) is 4.61. The molecule has 0 spiro atoms. The number of nitrogens with two attached hydrogens (primary N) is 1. The summed E-state index contributed by atoms with van der Waals surface area (Å²) in [5, 5.41) is 2.64. The second kappa shape index (κ2) is 7.74. The topological polar surface area (TPSA) is 64.3 Å². The predicted octanol–water partition coefficient (Wildman–Crippen LogP) is 2.93. The Balaban J connectivity index is 2.67. The van der Waals surface area contributed by atoms with Crippen LogP contribution in [0.25, 0.3) is 0 Å². The lowest BCUT2D eigenvalue weighted by Crippen LogP contribution is -2.33. The van der Waals surface area contributed by atoms with Crippen molar-refractivity contribution in [2.75, 3.05) is 5.32 Å². The van der Waals surface area contributed by atoms with E-state index in [1.165, 1.54) is 24.3 Å². The van der Waals surface area contributed by atoms with Crippen molar-refractivity contribution in [2.45, 2.75) is 26.4 Å². The van der Waals surface area contributed by atoms with E-state index in [0.717, 1.165) is 6.42 Å². The van der Waals surface area contributed by atoms with Crippen molar-refractivity contribution in [3.05, 3.63) is 24.3 Å². The maximum Gasteiger partial charge on any atom is 0.387 e. The van der Waals surface area contributed by atoms with Crippen molar-refractivity contribution in [1.29, 1.82) is 0 Å². The van der Waals surface area contributed by atoms with Gasteiger partial charge < -0.3 is 15.8 Å². The minimum absolute atomic E-state index is 0.0254. The molecule has 0 radical (unpaired) electrons. The quantitative estimate of drug-likeness (QED) is 0.760. The van der Waals surface area contributed by atoms with Crippen molar-refractivity contribution in [3.63, 3.8) is 0 Å². The minimum atomic E-state index is -2.88. The molecule has 1 amide bonds. The number of hydrogen-bond acceptors (Lipinski definition) is 3. The summed E-state index contributed by atoms with van der Waals surface area (Å²) in [4.78, 5) is 12.1. The van der Waals surface area contributed by atoms with Crippen LogP contribution in [0.1, 0.15) is 19.8 Å². The van der Waals surface area contributed by atoms with Gasteiger partial charge in [-0.1, -0.05) is 25.6 Å². The number of rotatable bonds is 7. The van der Waals surface area contributed by atoms with Gasteiger partial charge in [-0.15, -0.1) is 0 Å². The lowest BCUT2D eigenvalue weighted by molar-refractivity contribution is -0.118. The van der Waals surface area contributed by atoms with Gasteiger partial charge >= 0.3 is 6.61 Å². The summed E-state index contributed by atoms with van der Waals surface area (Å²) < 4.78 is 28.2. The molecule has 0 heterocycles. The Hall–Kier alpha value is -1.76. The molecule has 0 saturated heterocycles. The van der Waals surface area contributed by atoms with Crippen LogP contribution in [0.4, 0.5) is 14.5 Å². The SMILES string of the molecule is CCCC(C(=O)Nc1ccc(OC(F)F)cc1)C(N)=S. The molecular weight excluding hydrogens is 286 g/mol. The molecule has 0 aromatic heterocycles. The van der Waals surface area contributed by atoms with E-state index in [1.807, 2.05) is 6.92 Å². The van der Waals surface area contributed by atoms with E-state index in [1.54, 1.807) is 0 Å². The molecule has 0 aliphatic rings. The fourth-order valence-corrected chi connectivity index (χ4v) is 1.87. The van der Waals surface area contributed by atoms with E-state index in [0.29, 0.717) is 12.1 Å². The largest absolute Gasteiger partial charge is 0.435 e. The zero-order valence-electron chi connectivity index (χ0n) is 10.9. The first-order valence-electron chi connectivity index (χ1n) is 6.09. The second-order valence-electron chi connectivity index (χ2n) is 4.14. The molecule has 110 valence electrons. The Morgan fingerprint density at radius 2 is 2.00 bits per heavy atom. The maximum absolute atomic E-state index is 12.0. The molecule has 20 heavy (non-hydrogen) atoms. The molecule has 1 atom stereocenters. The number of hydrogen-bond donors (Lipinski definition) is 2. The van der Waals surface area contributed by atoms with Crippen LogP contribution in [0.2, 0.25) is 0 Å². The number of halogens is 2. The summed E-state index contributed by atoms with van der Waals surface area (Å²) in [6.07, 6.45) is 1.34. The molecule has 3 N–H and O–H groups in total. The van der Waals surface area contributed by atoms with E-state index in [-0.39, 0.29) is 16.6 Å². The maximum atomic E-state index is 12.0. The van der Waals surface area contributed by atoms with Gasteiger partial charge in [0.15, 0.2) is 0 Å².